The summed E-state index contributed by atoms with van der Waals surface area (Å²) in [5.74, 6) is 1.65. The van der Waals surface area contributed by atoms with Crippen LogP contribution in [-0.4, -0.2) is 13.7 Å². The van der Waals surface area contributed by atoms with E-state index in [1.165, 1.54) is 0 Å². The zero-order valence-electron chi connectivity index (χ0n) is 8.34. The van der Waals surface area contributed by atoms with Gasteiger partial charge in [0.2, 0.25) is 0 Å². The second-order valence-corrected chi connectivity index (χ2v) is 4.20. The summed E-state index contributed by atoms with van der Waals surface area (Å²) in [6, 6.07) is 5.76. The third-order valence-electron chi connectivity index (χ3n) is 1.61. The number of halogens is 1. The van der Waals surface area contributed by atoms with Crippen LogP contribution in [0.15, 0.2) is 30.4 Å². The van der Waals surface area contributed by atoms with Crippen molar-refractivity contribution < 1.29 is 9.47 Å². The molecule has 14 heavy (non-hydrogen) atoms. The molecule has 1 aromatic rings. The summed E-state index contributed by atoms with van der Waals surface area (Å²) in [6.07, 6.45) is 0. The number of rotatable bonds is 4. The minimum atomic E-state index is 0.545. The zero-order chi connectivity index (χ0) is 10.6. The Labute approximate surface area is 98.1 Å². The molecule has 76 valence electrons. The van der Waals surface area contributed by atoms with Crippen molar-refractivity contribution in [2.24, 2.45) is 0 Å². The molecule has 0 atom stereocenters. The molecular formula is C11H13IO2. The standard InChI is InChI=1S/C11H13IO2/c1-8(2)7-14-11-6-9(13-3)4-5-10(11)12/h4-6H,1,7H2,2-3H3. The predicted molar refractivity (Wildman–Crippen MR) is 66.0 cm³/mol. The van der Waals surface area contributed by atoms with Gasteiger partial charge in [-0.25, -0.2) is 0 Å². The third-order valence-corrected chi connectivity index (χ3v) is 2.50. The second-order valence-electron chi connectivity index (χ2n) is 3.04. The molecule has 0 unspecified atom stereocenters. The summed E-state index contributed by atoms with van der Waals surface area (Å²) in [7, 11) is 1.64. The van der Waals surface area contributed by atoms with Crippen LogP contribution >= 0.6 is 22.6 Å². The highest BCUT2D eigenvalue weighted by atomic mass is 127. The molecular weight excluding hydrogens is 291 g/mol. The van der Waals surface area contributed by atoms with Gasteiger partial charge in [0.25, 0.3) is 0 Å². The van der Waals surface area contributed by atoms with Crippen molar-refractivity contribution in [2.75, 3.05) is 13.7 Å². The fraction of sp³-hybridized carbons (Fsp3) is 0.273. The van der Waals surface area contributed by atoms with Gasteiger partial charge in [-0.05, 0) is 47.2 Å². The van der Waals surface area contributed by atoms with Crippen LogP contribution in [0, 0.1) is 3.57 Å². The Kier molecular flexibility index (Phi) is 4.25. The Morgan fingerprint density at radius 2 is 2.21 bits per heavy atom. The molecule has 0 saturated carbocycles. The van der Waals surface area contributed by atoms with Crippen molar-refractivity contribution in [3.63, 3.8) is 0 Å². The first-order valence-corrected chi connectivity index (χ1v) is 5.32. The SMILES string of the molecule is C=C(C)COc1cc(OC)ccc1I. The highest BCUT2D eigenvalue weighted by molar-refractivity contribution is 14.1. The van der Waals surface area contributed by atoms with E-state index >= 15 is 0 Å². The van der Waals surface area contributed by atoms with Gasteiger partial charge in [0.1, 0.15) is 18.1 Å². The van der Waals surface area contributed by atoms with E-state index in [1.54, 1.807) is 7.11 Å². The maximum absolute atomic E-state index is 5.55. The van der Waals surface area contributed by atoms with Crippen LogP contribution in [0.3, 0.4) is 0 Å². The molecule has 0 aromatic heterocycles. The van der Waals surface area contributed by atoms with Crippen LogP contribution in [0.2, 0.25) is 0 Å². The van der Waals surface area contributed by atoms with E-state index in [0.29, 0.717) is 6.61 Å². The van der Waals surface area contributed by atoms with Crippen molar-refractivity contribution in [3.05, 3.63) is 33.9 Å². The summed E-state index contributed by atoms with van der Waals surface area (Å²) < 4.78 is 11.7. The Bertz CT molecular complexity index is 334. The summed E-state index contributed by atoms with van der Waals surface area (Å²) >= 11 is 2.23. The highest BCUT2D eigenvalue weighted by Gasteiger charge is 2.02. The summed E-state index contributed by atoms with van der Waals surface area (Å²) in [5, 5.41) is 0. The van der Waals surface area contributed by atoms with E-state index in [-0.39, 0.29) is 0 Å². The predicted octanol–water partition coefficient (Wildman–Crippen LogP) is 3.25. The maximum Gasteiger partial charge on any atom is 0.136 e. The lowest BCUT2D eigenvalue weighted by Gasteiger charge is -2.09. The van der Waals surface area contributed by atoms with Crippen molar-refractivity contribution >= 4 is 22.6 Å². The normalized spacial score (nSPS) is 9.64. The van der Waals surface area contributed by atoms with Crippen LogP contribution in [0.5, 0.6) is 11.5 Å². The smallest absolute Gasteiger partial charge is 0.136 e. The highest BCUT2D eigenvalue weighted by Crippen LogP contribution is 2.26. The van der Waals surface area contributed by atoms with Crippen LogP contribution in [0.1, 0.15) is 6.92 Å². The molecule has 3 heteroatoms. The summed E-state index contributed by atoms with van der Waals surface area (Å²) in [5.41, 5.74) is 1.00. The van der Waals surface area contributed by atoms with Crippen molar-refractivity contribution in [1.82, 2.24) is 0 Å². The van der Waals surface area contributed by atoms with Crippen LogP contribution in [-0.2, 0) is 0 Å². The molecule has 0 fully saturated rings. The molecule has 0 amide bonds. The van der Waals surface area contributed by atoms with E-state index < -0.39 is 0 Å². The van der Waals surface area contributed by atoms with Gasteiger partial charge in [0.15, 0.2) is 0 Å². The number of hydrogen-bond acceptors (Lipinski definition) is 2. The Balaban J connectivity index is 2.78. The Hall–Kier alpha value is -0.710. The number of benzene rings is 1. The fourth-order valence-electron chi connectivity index (χ4n) is 0.922. The van der Waals surface area contributed by atoms with Gasteiger partial charge >= 0.3 is 0 Å². The minimum absolute atomic E-state index is 0.545. The van der Waals surface area contributed by atoms with Gasteiger partial charge in [-0.1, -0.05) is 6.58 Å². The first kappa shape index (κ1) is 11.4. The fourth-order valence-corrected chi connectivity index (χ4v) is 1.41. The van der Waals surface area contributed by atoms with E-state index in [9.17, 15) is 0 Å². The molecule has 0 spiro atoms. The molecule has 0 radical (unpaired) electrons. The summed E-state index contributed by atoms with van der Waals surface area (Å²) in [6.45, 7) is 6.27. The van der Waals surface area contributed by atoms with E-state index in [1.807, 2.05) is 25.1 Å². The minimum Gasteiger partial charge on any atom is -0.497 e. The van der Waals surface area contributed by atoms with Crippen molar-refractivity contribution in [2.45, 2.75) is 6.92 Å². The first-order valence-electron chi connectivity index (χ1n) is 4.24. The van der Waals surface area contributed by atoms with Gasteiger partial charge in [0, 0.05) is 6.07 Å². The van der Waals surface area contributed by atoms with E-state index in [4.69, 9.17) is 9.47 Å². The molecule has 0 saturated heterocycles. The molecule has 0 aliphatic carbocycles. The average molecular weight is 304 g/mol. The lowest BCUT2D eigenvalue weighted by Crippen LogP contribution is -1.99. The summed E-state index contributed by atoms with van der Waals surface area (Å²) in [4.78, 5) is 0. The molecule has 0 bridgehead atoms. The topological polar surface area (TPSA) is 18.5 Å². The number of hydrogen-bond donors (Lipinski definition) is 0. The molecule has 2 nitrogen and oxygen atoms in total. The van der Waals surface area contributed by atoms with Crippen molar-refractivity contribution in [3.8, 4) is 11.5 Å². The van der Waals surface area contributed by atoms with E-state index in [0.717, 1.165) is 20.6 Å². The van der Waals surface area contributed by atoms with Crippen molar-refractivity contribution in [1.29, 1.82) is 0 Å². The van der Waals surface area contributed by atoms with Gasteiger partial charge in [-0.15, -0.1) is 0 Å². The van der Waals surface area contributed by atoms with Crippen LogP contribution in [0.25, 0.3) is 0 Å². The van der Waals surface area contributed by atoms with Crippen LogP contribution < -0.4 is 9.47 Å². The van der Waals surface area contributed by atoms with Gasteiger partial charge in [-0.2, -0.15) is 0 Å². The zero-order valence-corrected chi connectivity index (χ0v) is 10.5. The number of ether oxygens (including phenoxy) is 2. The van der Waals surface area contributed by atoms with Gasteiger partial charge in [-0.3, -0.25) is 0 Å². The molecule has 0 heterocycles. The second kappa shape index (κ2) is 5.24. The van der Waals surface area contributed by atoms with Gasteiger partial charge in [0.05, 0.1) is 10.7 Å². The first-order chi connectivity index (χ1) is 6.63. The lowest BCUT2D eigenvalue weighted by atomic mass is 10.3. The monoisotopic (exact) mass is 304 g/mol. The van der Waals surface area contributed by atoms with Gasteiger partial charge < -0.3 is 9.47 Å². The third kappa shape index (κ3) is 3.21. The number of methoxy groups -OCH3 is 1. The Morgan fingerprint density at radius 1 is 1.50 bits per heavy atom. The Morgan fingerprint density at radius 3 is 2.79 bits per heavy atom. The molecule has 0 aliphatic rings. The van der Waals surface area contributed by atoms with Crippen LogP contribution in [0.4, 0.5) is 0 Å². The van der Waals surface area contributed by atoms with E-state index in [2.05, 4.69) is 29.2 Å². The largest absolute Gasteiger partial charge is 0.497 e. The lowest BCUT2D eigenvalue weighted by molar-refractivity contribution is 0.345. The molecule has 1 rings (SSSR count). The molecule has 0 aliphatic heterocycles. The quantitative estimate of drug-likeness (QED) is 0.628. The maximum atomic E-state index is 5.55. The molecule has 1 aromatic carbocycles. The molecule has 0 N–H and O–H groups in total. The average Bonchev–Trinajstić information content (AvgIpc) is 2.16.